The highest BCUT2D eigenvalue weighted by Crippen LogP contribution is 2.33. The third-order valence-electron chi connectivity index (χ3n) is 5.77. The molecule has 0 saturated carbocycles. The summed E-state index contributed by atoms with van der Waals surface area (Å²) in [5, 5.41) is 7.90. The minimum absolute atomic E-state index is 0.153. The van der Waals surface area contributed by atoms with E-state index in [-0.39, 0.29) is 24.1 Å². The summed E-state index contributed by atoms with van der Waals surface area (Å²) >= 11 is 0. The topological polar surface area (TPSA) is 84.3 Å². The molecule has 0 aliphatic carbocycles. The first-order valence-electron chi connectivity index (χ1n) is 9.62. The number of fused-ring (bicyclic) bond motifs is 2. The van der Waals surface area contributed by atoms with Gasteiger partial charge in [-0.2, -0.15) is 5.10 Å². The van der Waals surface area contributed by atoms with Crippen molar-refractivity contribution < 1.29 is 14.4 Å². The summed E-state index contributed by atoms with van der Waals surface area (Å²) in [5.41, 5.74) is 5.70. The fourth-order valence-electron chi connectivity index (χ4n) is 4.35. The van der Waals surface area contributed by atoms with Gasteiger partial charge in [-0.15, -0.1) is 0 Å². The average molecular weight is 388 g/mol. The molecule has 1 N–H and O–H groups in total. The summed E-state index contributed by atoms with van der Waals surface area (Å²) in [6, 6.07) is 9.42. The summed E-state index contributed by atoms with van der Waals surface area (Å²) < 4.78 is 1.81. The molecule has 2 aliphatic rings. The van der Waals surface area contributed by atoms with Crippen molar-refractivity contribution in [1.29, 1.82) is 0 Å². The van der Waals surface area contributed by atoms with E-state index in [0.29, 0.717) is 18.5 Å². The Morgan fingerprint density at radius 1 is 1.10 bits per heavy atom. The molecular weight excluding hydrogens is 368 g/mol. The molecule has 1 unspecified atom stereocenters. The van der Waals surface area contributed by atoms with Gasteiger partial charge in [-0.3, -0.25) is 24.4 Å². The number of carbonyl (C=O) groups excluding carboxylic acids is 3. The number of hydrogen-bond donors (Lipinski definition) is 1. The number of carbonyl (C=O) groups is 3. The standard InChI is InChI=1S/C22H20N4O3/c1-12-7-14(9-16-10-25(2)24-20(12)16)13-3-4-17-15(8-13)11-26(22(17)29)18-5-6-19(27)23-21(18)28/h3-4,7-10,18H,5-6,11H2,1-2H3,(H,23,27,28). The van der Waals surface area contributed by atoms with Gasteiger partial charge in [-0.25, -0.2) is 0 Å². The van der Waals surface area contributed by atoms with Gasteiger partial charge in [0.2, 0.25) is 11.8 Å². The van der Waals surface area contributed by atoms with Gasteiger partial charge in [0.05, 0.1) is 5.52 Å². The van der Waals surface area contributed by atoms with Crippen LogP contribution in [0.25, 0.3) is 22.0 Å². The van der Waals surface area contributed by atoms with E-state index in [1.54, 1.807) is 9.58 Å². The van der Waals surface area contributed by atoms with Gasteiger partial charge in [-0.05, 0) is 59.9 Å². The number of nitrogens with one attached hydrogen (secondary N) is 1. The van der Waals surface area contributed by atoms with Gasteiger partial charge < -0.3 is 4.90 Å². The highest BCUT2D eigenvalue weighted by Gasteiger charge is 2.39. The molecule has 7 nitrogen and oxygen atoms in total. The minimum atomic E-state index is -0.593. The molecule has 1 saturated heterocycles. The van der Waals surface area contributed by atoms with Gasteiger partial charge in [0.15, 0.2) is 0 Å². The van der Waals surface area contributed by atoms with Crippen LogP contribution in [0, 0.1) is 6.92 Å². The van der Waals surface area contributed by atoms with Crippen molar-refractivity contribution in [1.82, 2.24) is 20.0 Å². The van der Waals surface area contributed by atoms with Crippen LogP contribution in [-0.2, 0) is 23.2 Å². The van der Waals surface area contributed by atoms with Crippen molar-refractivity contribution in [3.63, 3.8) is 0 Å². The van der Waals surface area contributed by atoms with E-state index in [2.05, 4.69) is 22.5 Å². The highest BCUT2D eigenvalue weighted by molar-refractivity contribution is 6.05. The molecule has 0 spiro atoms. The Labute approximate surface area is 167 Å². The van der Waals surface area contributed by atoms with Gasteiger partial charge in [-0.1, -0.05) is 6.07 Å². The van der Waals surface area contributed by atoms with Gasteiger partial charge in [0.1, 0.15) is 6.04 Å². The molecule has 146 valence electrons. The van der Waals surface area contributed by atoms with E-state index in [0.717, 1.165) is 33.2 Å². The molecule has 2 aliphatic heterocycles. The first-order chi connectivity index (χ1) is 13.9. The number of benzene rings is 2. The number of piperidine rings is 1. The molecule has 3 heterocycles. The minimum Gasteiger partial charge on any atom is -0.322 e. The normalized spacial score (nSPS) is 19.0. The largest absolute Gasteiger partial charge is 0.322 e. The molecule has 3 aromatic rings. The maximum Gasteiger partial charge on any atom is 0.255 e. The van der Waals surface area contributed by atoms with Crippen LogP contribution < -0.4 is 5.32 Å². The molecule has 1 aromatic heterocycles. The summed E-state index contributed by atoms with van der Waals surface area (Å²) in [5.74, 6) is -0.820. The smallest absolute Gasteiger partial charge is 0.255 e. The van der Waals surface area contributed by atoms with Crippen LogP contribution in [-0.4, -0.2) is 38.4 Å². The van der Waals surface area contributed by atoms with Crippen molar-refractivity contribution in [2.24, 2.45) is 7.05 Å². The Bertz CT molecular complexity index is 1210. The molecule has 5 rings (SSSR count). The second-order valence-corrected chi connectivity index (χ2v) is 7.81. The lowest BCUT2D eigenvalue weighted by atomic mass is 9.98. The van der Waals surface area contributed by atoms with Crippen LogP contribution in [0.15, 0.2) is 36.5 Å². The summed E-state index contributed by atoms with van der Waals surface area (Å²) in [7, 11) is 1.91. The molecule has 1 fully saturated rings. The van der Waals surface area contributed by atoms with Crippen molar-refractivity contribution >= 4 is 28.6 Å². The van der Waals surface area contributed by atoms with E-state index in [9.17, 15) is 14.4 Å². The molecule has 29 heavy (non-hydrogen) atoms. The summed E-state index contributed by atoms with van der Waals surface area (Å²) in [6.07, 6.45) is 2.62. The number of rotatable bonds is 2. The first-order valence-corrected chi connectivity index (χ1v) is 9.62. The van der Waals surface area contributed by atoms with Crippen molar-refractivity contribution in [2.75, 3.05) is 0 Å². The van der Waals surface area contributed by atoms with E-state index in [4.69, 9.17) is 0 Å². The fourth-order valence-corrected chi connectivity index (χ4v) is 4.35. The summed E-state index contributed by atoms with van der Waals surface area (Å²) in [6.45, 7) is 2.42. The quantitative estimate of drug-likeness (QED) is 0.683. The molecule has 0 bridgehead atoms. The fraction of sp³-hybridized carbons (Fsp3) is 0.273. The van der Waals surface area contributed by atoms with Crippen LogP contribution in [0.5, 0.6) is 0 Å². The lowest BCUT2D eigenvalue weighted by molar-refractivity contribution is -0.136. The first kappa shape index (κ1) is 17.6. The summed E-state index contributed by atoms with van der Waals surface area (Å²) in [4.78, 5) is 38.1. The Balaban J connectivity index is 1.49. The van der Waals surface area contributed by atoms with Gasteiger partial charge in [0, 0.05) is 37.2 Å². The average Bonchev–Trinajstić information content (AvgIpc) is 3.21. The Kier molecular flexibility index (Phi) is 3.81. The van der Waals surface area contributed by atoms with E-state index < -0.39 is 6.04 Å². The van der Waals surface area contributed by atoms with E-state index in [1.807, 2.05) is 38.4 Å². The number of aryl methyl sites for hydroxylation is 2. The van der Waals surface area contributed by atoms with Crippen molar-refractivity contribution in [3.8, 4) is 11.1 Å². The monoisotopic (exact) mass is 388 g/mol. The third kappa shape index (κ3) is 2.81. The molecule has 3 amide bonds. The number of imide groups is 1. The predicted molar refractivity (Wildman–Crippen MR) is 107 cm³/mol. The second-order valence-electron chi connectivity index (χ2n) is 7.81. The molecule has 1 atom stereocenters. The number of hydrogen-bond acceptors (Lipinski definition) is 4. The van der Waals surface area contributed by atoms with Crippen molar-refractivity contribution in [2.45, 2.75) is 32.4 Å². The van der Waals surface area contributed by atoms with Crippen LogP contribution in [0.1, 0.15) is 34.3 Å². The molecular formula is C22H20N4O3. The predicted octanol–water partition coefficient (Wildman–Crippen LogP) is 2.31. The van der Waals surface area contributed by atoms with Gasteiger partial charge >= 0.3 is 0 Å². The zero-order chi connectivity index (χ0) is 20.3. The Morgan fingerprint density at radius 3 is 2.72 bits per heavy atom. The number of amides is 3. The van der Waals surface area contributed by atoms with Crippen molar-refractivity contribution in [3.05, 3.63) is 53.2 Å². The van der Waals surface area contributed by atoms with E-state index in [1.165, 1.54) is 0 Å². The lowest BCUT2D eigenvalue weighted by Gasteiger charge is -2.29. The zero-order valence-corrected chi connectivity index (χ0v) is 16.2. The molecule has 7 heteroatoms. The zero-order valence-electron chi connectivity index (χ0n) is 16.2. The Hall–Kier alpha value is -3.48. The number of nitrogens with zero attached hydrogens (tertiary/aromatic N) is 3. The third-order valence-corrected chi connectivity index (χ3v) is 5.77. The molecule has 2 aromatic carbocycles. The van der Waals surface area contributed by atoms with Gasteiger partial charge in [0.25, 0.3) is 5.91 Å². The maximum atomic E-state index is 12.9. The maximum absolute atomic E-state index is 12.9. The highest BCUT2D eigenvalue weighted by atomic mass is 16.2. The second kappa shape index (κ2) is 6.27. The van der Waals surface area contributed by atoms with Crippen LogP contribution in [0.4, 0.5) is 0 Å². The SMILES string of the molecule is Cc1cc(-c2ccc3c(c2)CN(C2CCC(=O)NC2=O)C3=O)cc2cn(C)nc12. The van der Waals surface area contributed by atoms with E-state index >= 15 is 0 Å². The van der Waals surface area contributed by atoms with Crippen LogP contribution >= 0.6 is 0 Å². The van der Waals surface area contributed by atoms with Crippen LogP contribution in [0.3, 0.4) is 0 Å². The Morgan fingerprint density at radius 2 is 1.93 bits per heavy atom. The molecule has 0 radical (unpaired) electrons. The lowest BCUT2D eigenvalue weighted by Crippen LogP contribution is -2.52. The van der Waals surface area contributed by atoms with Crippen LogP contribution in [0.2, 0.25) is 0 Å². The number of aromatic nitrogens is 2.